The predicted molar refractivity (Wildman–Crippen MR) is 99.4 cm³/mol. The van der Waals surface area contributed by atoms with E-state index in [4.69, 9.17) is 0 Å². The molecule has 0 saturated carbocycles. The summed E-state index contributed by atoms with van der Waals surface area (Å²) < 4.78 is 1.87. The van der Waals surface area contributed by atoms with Crippen molar-refractivity contribution in [3.8, 4) is 11.4 Å². The van der Waals surface area contributed by atoms with Crippen LogP contribution in [0.5, 0.6) is 0 Å². The molecule has 2 heterocycles. The molecule has 0 atom stereocenters. The van der Waals surface area contributed by atoms with Gasteiger partial charge < -0.3 is 9.88 Å². The average molecular weight is 353 g/mol. The molecule has 0 fully saturated rings. The van der Waals surface area contributed by atoms with Crippen LogP contribution in [0.2, 0.25) is 0 Å². The molecule has 0 aliphatic carbocycles. The van der Waals surface area contributed by atoms with Gasteiger partial charge in [0, 0.05) is 30.7 Å². The largest absolute Gasteiger partial charge is 0.325 e. The number of nitrogens with zero attached hydrogens (tertiary/aromatic N) is 4. The van der Waals surface area contributed by atoms with E-state index in [-0.39, 0.29) is 11.7 Å². The number of hydrogen-bond donors (Lipinski definition) is 1. The smallest absolute Gasteiger partial charge is 0.234 e. The van der Waals surface area contributed by atoms with Gasteiger partial charge in [-0.1, -0.05) is 30.8 Å². The van der Waals surface area contributed by atoms with Crippen LogP contribution in [0, 0.1) is 0 Å². The summed E-state index contributed by atoms with van der Waals surface area (Å²) >= 11 is 1.35. The minimum atomic E-state index is -0.0693. The number of benzene rings is 1. The Kier molecular flexibility index (Phi) is 5.45. The van der Waals surface area contributed by atoms with Crippen LogP contribution in [-0.2, 0) is 18.3 Å². The third-order valence-corrected chi connectivity index (χ3v) is 4.75. The lowest BCUT2D eigenvalue weighted by Crippen LogP contribution is -2.14. The number of rotatable bonds is 6. The molecular weight excluding hydrogens is 334 g/mol. The Hall–Kier alpha value is -2.67. The molecule has 6 nitrogen and oxygen atoms in total. The Balaban J connectivity index is 1.60. The second-order valence-corrected chi connectivity index (χ2v) is 6.44. The first-order valence-corrected chi connectivity index (χ1v) is 8.97. The maximum atomic E-state index is 12.1. The van der Waals surface area contributed by atoms with Gasteiger partial charge in [-0.2, -0.15) is 0 Å². The van der Waals surface area contributed by atoms with E-state index in [0.717, 1.165) is 23.5 Å². The van der Waals surface area contributed by atoms with Crippen LogP contribution in [0.25, 0.3) is 11.4 Å². The Morgan fingerprint density at radius 1 is 1.20 bits per heavy atom. The van der Waals surface area contributed by atoms with Crippen LogP contribution in [0.15, 0.2) is 53.9 Å². The molecule has 0 saturated heterocycles. The second-order valence-electron chi connectivity index (χ2n) is 5.49. The van der Waals surface area contributed by atoms with E-state index in [2.05, 4.69) is 27.4 Å². The topological polar surface area (TPSA) is 72.7 Å². The summed E-state index contributed by atoms with van der Waals surface area (Å²) in [7, 11) is 1.88. The Morgan fingerprint density at radius 2 is 2.00 bits per heavy atom. The zero-order valence-electron chi connectivity index (χ0n) is 14.1. The zero-order chi connectivity index (χ0) is 17.6. The van der Waals surface area contributed by atoms with E-state index in [1.54, 1.807) is 12.4 Å². The average Bonchev–Trinajstić information content (AvgIpc) is 3.02. The number of carbonyl (C=O) groups excluding carboxylic acids is 1. The number of anilines is 1. The molecule has 25 heavy (non-hydrogen) atoms. The van der Waals surface area contributed by atoms with Crippen LogP contribution < -0.4 is 5.32 Å². The lowest BCUT2D eigenvalue weighted by molar-refractivity contribution is -0.113. The Bertz CT molecular complexity index is 846. The SMILES string of the molecule is CCc1ccc(NC(=O)CSc2nnc(-c3cccnc3)n2C)cc1. The summed E-state index contributed by atoms with van der Waals surface area (Å²) in [5.41, 5.74) is 2.94. The van der Waals surface area contributed by atoms with Crippen molar-refractivity contribution in [3.63, 3.8) is 0 Å². The van der Waals surface area contributed by atoms with Gasteiger partial charge in [0.25, 0.3) is 0 Å². The molecule has 1 N–H and O–H groups in total. The van der Waals surface area contributed by atoms with Crippen LogP contribution in [0.1, 0.15) is 12.5 Å². The summed E-state index contributed by atoms with van der Waals surface area (Å²) in [5, 5.41) is 11.9. The molecule has 0 spiro atoms. The van der Waals surface area contributed by atoms with Crippen LogP contribution in [0.4, 0.5) is 5.69 Å². The highest BCUT2D eigenvalue weighted by Crippen LogP contribution is 2.22. The van der Waals surface area contributed by atoms with Crippen LogP contribution >= 0.6 is 11.8 Å². The van der Waals surface area contributed by atoms with E-state index < -0.39 is 0 Å². The van der Waals surface area contributed by atoms with E-state index in [1.807, 2.05) is 48.0 Å². The van der Waals surface area contributed by atoms with Crippen LogP contribution in [0.3, 0.4) is 0 Å². The van der Waals surface area contributed by atoms with E-state index in [0.29, 0.717) is 5.16 Å². The normalized spacial score (nSPS) is 10.6. The van der Waals surface area contributed by atoms with Crippen molar-refractivity contribution in [1.29, 1.82) is 0 Å². The molecule has 0 unspecified atom stereocenters. The van der Waals surface area contributed by atoms with Crippen LogP contribution in [-0.4, -0.2) is 31.4 Å². The number of carbonyl (C=O) groups is 1. The van der Waals surface area contributed by atoms with Gasteiger partial charge in [-0.15, -0.1) is 10.2 Å². The van der Waals surface area contributed by atoms with Gasteiger partial charge in [0.15, 0.2) is 11.0 Å². The zero-order valence-corrected chi connectivity index (χ0v) is 15.0. The summed E-state index contributed by atoms with van der Waals surface area (Å²) in [6.45, 7) is 2.10. The number of thioether (sulfide) groups is 1. The first kappa shape index (κ1) is 17.2. The summed E-state index contributed by atoms with van der Waals surface area (Å²) in [6, 6.07) is 11.7. The quantitative estimate of drug-likeness (QED) is 0.689. The van der Waals surface area contributed by atoms with E-state index in [1.165, 1.54) is 17.3 Å². The standard InChI is InChI=1S/C18H19N5OS/c1-3-13-6-8-15(9-7-13)20-16(24)12-25-18-22-21-17(23(18)2)14-5-4-10-19-11-14/h4-11H,3,12H2,1-2H3,(H,20,24). The lowest BCUT2D eigenvalue weighted by Gasteiger charge is -2.06. The summed E-state index contributed by atoms with van der Waals surface area (Å²) in [6.07, 6.45) is 4.44. The molecule has 0 aliphatic heterocycles. The van der Waals surface area contributed by atoms with Crippen molar-refractivity contribution in [3.05, 3.63) is 54.4 Å². The fourth-order valence-electron chi connectivity index (χ4n) is 2.34. The maximum absolute atomic E-state index is 12.1. The lowest BCUT2D eigenvalue weighted by atomic mass is 10.1. The predicted octanol–water partition coefficient (Wildman–Crippen LogP) is 3.17. The highest BCUT2D eigenvalue weighted by molar-refractivity contribution is 7.99. The maximum Gasteiger partial charge on any atom is 0.234 e. The molecule has 0 aliphatic rings. The number of aromatic nitrogens is 4. The molecule has 1 aromatic carbocycles. The first-order valence-electron chi connectivity index (χ1n) is 7.98. The fraction of sp³-hybridized carbons (Fsp3) is 0.222. The minimum absolute atomic E-state index is 0.0693. The van der Waals surface area contributed by atoms with Crippen molar-refractivity contribution in [1.82, 2.24) is 19.7 Å². The fourth-order valence-corrected chi connectivity index (χ4v) is 3.05. The molecule has 3 rings (SSSR count). The van der Waals surface area contributed by atoms with Gasteiger partial charge in [-0.05, 0) is 36.2 Å². The first-order chi connectivity index (χ1) is 12.2. The van der Waals surface area contributed by atoms with Gasteiger partial charge in [0.2, 0.25) is 5.91 Å². The highest BCUT2D eigenvalue weighted by Gasteiger charge is 2.13. The number of amides is 1. The van der Waals surface area contributed by atoms with Crippen molar-refractivity contribution in [2.24, 2.45) is 7.05 Å². The van der Waals surface area contributed by atoms with Gasteiger partial charge in [-0.3, -0.25) is 9.78 Å². The number of hydrogen-bond acceptors (Lipinski definition) is 5. The Morgan fingerprint density at radius 3 is 2.68 bits per heavy atom. The molecule has 128 valence electrons. The minimum Gasteiger partial charge on any atom is -0.325 e. The molecule has 3 aromatic rings. The third-order valence-electron chi connectivity index (χ3n) is 3.73. The molecular formula is C18H19N5OS. The second kappa shape index (κ2) is 7.94. The summed E-state index contributed by atoms with van der Waals surface area (Å²) in [5.74, 6) is 0.931. The van der Waals surface area contributed by atoms with Gasteiger partial charge in [0.1, 0.15) is 0 Å². The van der Waals surface area contributed by atoms with Gasteiger partial charge in [0.05, 0.1) is 5.75 Å². The molecule has 1 amide bonds. The monoisotopic (exact) mass is 353 g/mol. The van der Waals surface area contributed by atoms with Crippen molar-refractivity contribution in [2.75, 3.05) is 11.1 Å². The third kappa shape index (κ3) is 4.24. The highest BCUT2D eigenvalue weighted by atomic mass is 32.2. The number of pyridine rings is 1. The molecule has 0 bridgehead atoms. The van der Waals surface area contributed by atoms with Gasteiger partial charge >= 0.3 is 0 Å². The molecule has 2 aromatic heterocycles. The number of nitrogens with one attached hydrogen (secondary N) is 1. The van der Waals surface area contributed by atoms with Crippen molar-refractivity contribution >= 4 is 23.4 Å². The summed E-state index contributed by atoms with van der Waals surface area (Å²) in [4.78, 5) is 16.2. The van der Waals surface area contributed by atoms with E-state index >= 15 is 0 Å². The Labute approximate surface area is 150 Å². The number of aryl methyl sites for hydroxylation is 1. The van der Waals surface area contributed by atoms with E-state index in [9.17, 15) is 4.79 Å². The van der Waals surface area contributed by atoms with Crippen molar-refractivity contribution < 1.29 is 4.79 Å². The molecule has 7 heteroatoms. The molecule has 0 radical (unpaired) electrons. The van der Waals surface area contributed by atoms with Crippen molar-refractivity contribution in [2.45, 2.75) is 18.5 Å². The van der Waals surface area contributed by atoms with Gasteiger partial charge in [-0.25, -0.2) is 0 Å².